The molecule has 4 aromatic rings. The number of hydrogen-bond donors (Lipinski definition) is 2. The molecule has 7 rings (SSSR count). The van der Waals surface area contributed by atoms with E-state index in [9.17, 15) is 20.0 Å². The van der Waals surface area contributed by atoms with E-state index in [0.29, 0.717) is 46.5 Å². The second-order valence-electron chi connectivity index (χ2n) is 12.0. The summed E-state index contributed by atoms with van der Waals surface area (Å²) < 4.78 is 44.3. The molecule has 2 bridgehead atoms. The lowest BCUT2D eigenvalue weighted by Crippen LogP contribution is -2.48. The Labute approximate surface area is 253 Å². The number of nitriles is 1. The summed E-state index contributed by atoms with van der Waals surface area (Å²) in [4.78, 5) is 36.4. The molecule has 5 heterocycles. The normalized spacial score (nSPS) is 19.1. The molecule has 3 aliphatic rings. The number of hydrogen-bond acceptors (Lipinski definition) is 9. The van der Waals surface area contributed by atoms with Crippen molar-refractivity contribution >= 4 is 55.3 Å². The first-order valence-corrected chi connectivity index (χ1v) is 14.8. The maximum Gasteiger partial charge on any atom is 0.412 e. The molecule has 226 valence electrons. The first kappa shape index (κ1) is 28.2. The molecule has 14 heteroatoms. The number of anilines is 2. The number of nitrogens with zero attached hydrogens (tertiary/aromatic N) is 5. The van der Waals surface area contributed by atoms with Crippen molar-refractivity contribution < 1.29 is 33.0 Å². The molecule has 2 amide bonds. The van der Waals surface area contributed by atoms with Gasteiger partial charge in [0.1, 0.15) is 40.2 Å². The lowest BCUT2D eigenvalue weighted by molar-refractivity contribution is 0.0636. The topological polar surface area (TPSA) is 141 Å². The van der Waals surface area contributed by atoms with Gasteiger partial charge >= 0.3 is 12.2 Å². The van der Waals surface area contributed by atoms with Crippen molar-refractivity contribution in [1.29, 1.82) is 5.26 Å². The summed E-state index contributed by atoms with van der Waals surface area (Å²) in [5.74, 6) is -1.05. The number of nitrogens with one attached hydrogen (secondary N) is 1. The number of aromatic nitrogens is 2. The molecule has 44 heavy (non-hydrogen) atoms. The van der Waals surface area contributed by atoms with Crippen molar-refractivity contribution in [2.45, 2.75) is 58.1 Å². The molecule has 2 aromatic heterocycles. The molecule has 2 atom stereocenters. The Kier molecular flexibility index (Phi) is 6.38. The first-order chi connectivity index (χ1) is 21.0. The summed E-state index contributed by atoms with van der Waals surface area (Å²) in [7, 11) is 0. The highest BCUT2D eigenvalue weighted by molar-refractivity contribution is 7.23. The number of amides is 2. The number of benzene rings is 2. The van der Waals surface area contributed by atoms with E-state index < -0.39 is 29.4 Å². The minimum atomic E-state index is -0.972. The van der Waals surface area contributed by atoms with E-state index in [1.807, 2.05) is 4.90 Å². The minimum absolute atomic E-state index is 0.00439. The number of ether oxygens (including phenoxy) is 2. The number of thiophene rings is 1. The number of piperazine rings is 1. The van der Waals surface area contributed by atoms with Gasteiger partial charge in [-0.1, -0.05) is 0 Å². The molecular weight excluding hydrogens is 594 g/mol. The highest BCUT2D eigenvalue weighted by Crippen LogP contribution is 2.48. The highest BCUT2D eigenvalue weighted by Gasteiger charge is 2.47. The Morgan fingerprint density at radius 1 is 1.14 bits per heavy atom. The van der Waals surface area contributed by atoms with E-state index in [-0.39, 0.29) is 57.9 Å². The van der Waals surface area contributed by atoms with Crippen LogP contribution in [-0.4, -0.2) is 62.9 Å². The number of likely N-dealkylation sites (tertiary alicyclic amines) is 1. The Balaban J connectivity index is 1.40. The summed E-state index contributed by atoms with van der Waals surface area (Å²) in [5.41, 5.74) is 0.0288. The van der Waals surface area contributed by atoms with Crippen LogP contribution < -0.4 is 10.2 Å². The summed E-state index contributed by atoms with van der Waals surface area (Å²) in [6.07, 6.45) is 0.137. The third kappa shape index (κ3) is 4.29. The zero-order chi connectivity index (χ0) is 31.1. The van der Waals surface area contributed by atoms with Gasteiger partial charge in [-0.3, -0.25) is 5.32 Å². The van der Waals surface area contributed by atoms with E-state index in [4.69, 9.17) is 9.47 Å². The van der Waals surface area contributed by atoms with Gasteiger partial charge in [-0.15, -0.1) is 11.3 Å². The number of rotatable bonds is 3. The fourth-order valence-corrected chi connectivity index (χ4v) is 7.63. The molecular formula is C30H26F2N6O5S. The lowest BCUT2D eigenvalue weighted by Gasteiger charge is -2.34. The van der Waals surface area contributed by atoms with Crippen molar-refractivity contribution in [1.82, 2.24) is 14.9 Å². The average molecular weight is 621 g/mol. The number of halogens is 2. The molecule has 2 N–H and O–H groups in total. The molecule has 2 fully saturated rings. The quantitative estimate of drug-likeness (QED) is 0.283. The van der Waals surface area contributed by atoms with Gasteiger partial charge in [0.15, 0.2) is 5.82 Å². The van der Waals surface area contributed by atoms with Crippen LogP contribution in [0.15, 0.2) is 18.5 Å². The Bertz CT molecular complexity index is 1950. The minimum Gasteiger partial charge on any atom is -0.465 e. The van der Waals surface area contributed by atoms with Gasteiger partial charge < -0.3 is 24.4 Å². The van der Waals surface area contributed by atoms with Crippen molar-refractivity contribution in [2.75, 3.05) is 23.3 Å². The fourth-order valence-electron chi connectivity index (χ4n) is 6.59. The van der Waals surface area contributed by atoms with Gasteiger partial charge in [0.2, 0.25) is 0 Å². The molecule has 0 spiro atoms. The predicted molar refractivity (Wildman–Crippen MR) is 158 cm³/mol. The van der Waals surface area contributed by atoms with Crippen LogP contribution in [0.3, 0.4) is 0 Å². The smallest absolute Gasteiger partial charge is 0.412 e. The first-order valence-electron chi connectivity index (χ1n) is 13.9. The fraction of sp³-hybridized carbons (Fsp3) is 0.367. The SMILES string of the molecule is CC(C)(C)OC(=O)Nc1sc2ccc(F)c(-c3c4c(c5c(N6C[C@H]7C[C@@H]6CN7C(=O)O)ncnc5c3F)COC4)c2c1C#N. The van der Waals surface area contributed by atoms with Gasteiger partial charge in [-0.05, 0) is 50.5 Å². The lowest BCUT2D eigenvalue weighted by atomic mass is 9.90. The summed E-state index contributed by atoms with van der Waals surface area (Å²) >= 11 is 1.06. The Morgan fingerprint density at radius 3 is 2.59 bits per heavy atom. The van der Waals surface area contributed by atoms with Crippen molar-refractivity contribution in [3.05, 3.63) is 46.8 Å². The molecule has 11 nitrogen and oxygen atoms in total. The summed E-state index contributed by atoms with van der Waals surface area (Å²) in [5, 5.41) is 23.1. The largest absolute Gasteiger partial charge is 0.465 e. The van der Waals surface area contributed by atoms with Gasteiger partial charge in [-0.25, -0.2) is 28.3 Å². The monoisotopic (exact) mass is 620 g/mol. The van der Waals surface area contributed by atoms with Gasteiger partial charge in [-0.2, -0.15) is 5.26 Å². The Morgan fingerprint density at radius 2 is 1.91 bits per heavy atom. The zero-order valence-electron chi connectivity index (χ0n) is 23.9. The Hall–Kier alpha value is -4.61. The molecule has 3 aliphatic heterocycles. The molecule has 0 unspecified atom stereocenters. The van der Waals surface area contributed by atoms with Gasteiger partial charge in [0.25, 0.3) is 0 Å². The standard InChI is InChI=1S/C30H26F2N6O5S/c1-30(2,3)43-28(39)36-27-15(7-33)20-19(44-27)5-4-18(31)23(20)21-16-10-42-11-17(16)22-25(24(21)32)34-12-35-26(22)37-8-14-6-13(37)9-38(14)29(40)41/h4-5,12-14H,6,8-11H2,1-3H3,(H,36,39)(H,40,41)/t13-,14-/m1/s1. The van der Waals surface area contributed by atoms with E-state index in [1.165, 1.54) is 23.4 Å². The maximum atomic E-state index is 16.8. The third-order valence-electron chi connectivity index (χ3n) is 8.26. The van der Waals surface area contributed by atoms with E-state index >= 15 is 8.78 Å². The van der Waals surface area contributed by atoms with Crippen LogP contribution in [0.2, 0.25) is 0 Å². The molecule has 0 saturated carbocycles. The van der Waals surface area contributed by atoms with Crippen LogP contribution >= 0.6 is 11.3 Å². The number of carboxylic acid groups (broad SMARTS) is 1. The number of carbonyl (C=O) groups is 2. The van der Waals surface area contributed by atoms with E-state index in [1.54, 1.807) is 20.8 Å². The van der Waals surface area contributed by atoms with Crippen LogP contribution in [0.1, 0.15) is 43.9 Å². The van der Waals surface area contributed by atoms with Crippen molar-refractivity contribution in [3.63, 3.8) is 0 Å². The molecule has 2 aromatic carbocycles. The van der Waals surface area contributed by atoms with Gasteiger partial charge in [0.05, 0.1) is 36.2 Å². The summed E-state index contributed by atoms with van der Waals surface area (Å²) in [6, 6.07) is 4.43. The van der Waals surface area contributed by atoms with Crippen LogP contribution in [0.25, 0.3) is 32.1 Å². The van der Waals surface area contributed by atoms with Crippen LogP contribution in [0.5, 0.6) is 0 Å². The van der Waals surface area contributed by atoms with E-state index in [2.05, 4.69) is 21.4 Å². The second-order valence-corrected chi connectivity index (χ2v) is 13.1. The van der Waals surface area contributed by atoms with E-state index in [0.717, 1.165) is 11.3 Å². The molecule has 0 aliphatic carbocycles. The number of carbonyl (C=O) groups excluding carboxylic acids is 1. The average Bonchev–Trinajstić information content (AvgIpc) is 3.75. The highest BCUT2D eigenvalue weighted by atomic mass is 32.1. The van der Waals surface area contributed by atoms with Crippen LogP contribution in [0, 0.1) is 23.0 Å². The van der Waals surface area contributed by atoms with Gasteiger partial charge in [0, 0.05) is 34.3 Å². The van der Waals surface area contributed by atoms with Crippen LogP contribution in [0.4, 0.5) is 29.2 Å². The van der Waals surface area contributed by atoms with Crippen molar-refractivity contribution in [3.8, 4) is 17.2 Å². The molecule has 2 saturated heterocycles. The predicted octanol–water partition coefficient (Wildman–Crippen LogP) is 5.98. The maximum absolute atomic E-state index is 16.8. The third-order valence-corrected chi connectivity index (χ3v) is 9.33. The van der Waals surface area contributed by atoms with Crippen LogP contribution in [-0.2, 0) is 22.7 Å². The zero-order valence-corrected chi connectivity index (χ0v) is 24.7. The second kappa shape index (κ2) is 9.96. The van der Waals surface area contributed by atoms with Crippen molar-refractivity contribution in [2.24, 2.45) is 0 Å². The molecule has 0 radical (unpaired) electrons. The number of fused-ring (bicyclic) bond motifs is 6. The summed E-state index contributed by atoms with van der Waals surface area (Å²) in [6.45, 7) is 5.94.